The summed E-state index contributed by atoms with van der Waals surface area (Å²) in [5.41, 5.74) is -0.147. The van der Waals surface area contributed by atoms with Crippen molar-refractivity contribution < 1.29 is 0 Å². The zero-order valence-corrected chi connectivity index (χ0v) is 11.4. The highest BCUT2D eigenvalue weighted by Gasteiger charge is 2.17. The summed E-state index contributed by atoms with van der Waals surface area (Å²) < 4.78 is 1.71. The summed E-state index contributed by atoms with van der Waals surface area (Å²) in [4.78, 5) is 16.3. The number of anilines is 1. The lowest BCUT2D eigenvalue weighted by Gasteiger charge is -2.25. The third-order valence-corrected chi connectivity index (χ3v) is 2.82. The van der Waals surface area contributed by atoms with Gasteiger partial charge in [-0.05, 0) is 26.2 Å². The lowest BCUT2D eigenvalue weighted by molar-refractivity contribution is 0.504. The first-order valence-electron chi connectivity index (χ1n) is 6.19. The van der Waals surface area contributed by atoms with Crippen LogP contribution in [-0.2, 0) is 6.54 Å². The maximum absolute atomic E-state index is 12.1. The van der Waals surface area contributed by atoms with Crippen LogP contribution in [0.2, 0.25) is 0 Å². The van der Waals surface area contributed by atoms with Crippen molar-refractivity contribution in [3.63, 3.8) is 0 Å². The van der Waals surface area contributed by atoms with E-state index in [1.807, 2.05) is 0 Å². The third kappa shape index (κ3) is 3.88. The van der Waals surface area contributed by atoms with Gasteiger partial charge in [0.1, 0.15) is 0 Å². The molecule has 1 rings (SSSR count). The molecule has 0 unspecified atom stereocenters. The number of hydrogen-bond acceptors (Lipinski definition) is 3. The van der Waals surface area contributed by atoms with Gasteiger partial charge in [-0.1, -0.05) is 20.8 Å². The Balaban J connectivity index is 2.99. The van der Waals surface area contributed by atoms with Gasteiger partial charge in [-0.2, -0.15) is 0 Å². The molecule has 17 heavy (non-hydrogen) atoms. The molecule has 0 fully saturated rings. The molecule has 0 spiro atoms. The first-order valence-corrected chi connectivity index (χ1v) is 6.19. The molecule has 0 amide bonds. The van der Waals surface area contributed by atoms with E-state index in [1.165, 1.54) is 0 Å². The molecular formula is C13H23N3O. The summed E-state index contributed by atoms with van der Waals surface area (Å²) in [6.45, 7) is 11.1. The van der Waals surface area contributed by atoms with Gasteiger partial charge in [-0.3, -0.25) is 4.79 Å². The molecule has 0 aromatic carbocycles. The predicted octanol–water partition coefficient (Wildman–Crippen LogP) is 2.50. The number of aromatic nitrogens is 2. The van der Waals surface area contributed by atoms with Crippen LogP contribution >= 0.6 is 0 Å². The fourth-order valence-corrected chi connectivity index (χ4v) is 1.48. The normalized spacial score (nSPS) is 11.9. The molecule has 0 aliphatic heterocycles. The van der Waals surface area contributed by atoms with Gasteiger partial charge in [0.25, 0.3) is 5.56 Å². The highest BCUT2D eigenvalue weighted by Crippen LogP contribution is 2.12. The Kier molecular flexibility index (Phi) is 4.32. The second-order valence-electron chi connectivity index (χ2n) is 5.49. The van der Waals surface area contributed by atoms with Gasteiger partial charge in [0.05, 0.1) is 0 Å². The minimum absolute atomic E-state index is 0.0391. The van der Waals surface area contributed by atoms with Crippen molar-refractivity contribution in [3.05, 3.63) is 22.7 Å². The molecule has 0 aliphatic carbocycles. The summed E-state index contributed by atoms with van der Waals surface area (Å²) in [6.07, 6.45) is 4.36. The van der Waals surface area contributed by atoms with Crippen LogP contribution in [-0.4, -0.2) is 15.1 Å². The molecule has 1 N–H and O–H groups in total. The van der Waals surface area contributed by atoms with Crippen LogP contribution in [0.25, 0.3) is 0 Å². The second-order valence-corrected chi connectivity index (χ2v) is 5.49. The quantitative estimate of drug-likeness (QED) is 0.856. The van der Waals surface area contributed by atoms with Crippen molar-refractivity contribution >= 4 is 5.82 Å². The Bertz CT molecular complexity index is 421. The molecule has 0 aliphatic rings. The summed E-state index contributed by atoms with van der Waals surface area (Å²) >= 11 is 0. The Morgan fingerprint density at radius 2 is 2.12 bits per heavy atom. The zero-order chi connectivity index (χ0) is 13.1. The molecule has 4 heteroatoms. The van der Waals surface area contributed by atoms with Crippen LogP contribution < -0.4 is 10.9 Å². The van der Waals surface area contributed by atoms with E-state index in [2.05, 4.69) is 44.9 Å². The molecule has 0 bridgehead atoms. The topological polar surface area (TPSA) is 46.9 Å². The SMILES string of the molecule is CCC(C)(C)Nc1nccn(CC(C)C)c1=O. The van der Waals surface area contributed by atoms with E-state index in [1.54, 1.807) is 17.0 Å². The van der Waals surface area contributed by atoms with E-state index in [4.69, 9.17) is 0 Å². The van der Waals surface area contributed by atoms with Gasteiger partial charge >= 0.3 is 0 Å². The summed E-state index contributed by atoms with van der Waals surface area (Å²) in [7, 11) is 0. The average molecular weight is 237 g/mol. The molecular weight excluding hydrogens is 214 g/mol. The Morgan fingerprint density at radius 3 is 2.65 bits per heavy atom. The van der Waals surface area contributed by atoms with E-state index in [-0.39, 0.29) is 11.1 Å². The molecule has 4 nitrogen and oxygen atoms in total. The number of rotatable bonds is 5. The summed E-state index contributed by atoms with van der Waals surface area (Å²) in [6, 6.07) is 0. The molecule has 0 saturated carbocycles. The van der Waals surface area contributed by atoms with E-state index in [0.717, 1.165) is 13.0 Å². The van der Waals surface area contributed by atoms with E-state index >= 15 is 0 Å². The largest absolute Gasteiger partial charge is 0.361 e. The molecule has 1 aromatic rings. The lowest BCUT2D eigenvalue weighted by atomic mass is 10.0. The van der Waals surface area contributed by atoms with Gasteiger partial charge in [-0.25, -0.2) is 4.98 Å². The molecule has 1 aromatic heterocycles. The molecule has 0 atom stereocenters. The van der Waals surface area contributed by atoms with Crippen LogP contribution in [0.4, 0.5) is 5.82 Å². The van der Waals surface area contributed by atoms with Crippen LogP contribution in [0.3, 0.4) is 0 Å². The molecule has 1 heterocycles. The van der Waals surface area contributed by atoms with Crippen LogP contribution in [0, 0.1) is 5.92 Å². The summed E-state index contributed by atoms with van der Waals surface area (Å²) in [5.74, 6) is 0.891. The number of hydrogen-bond donors (Lipinski definition) is 1. The van der Waals surface area contributed by atoms with Gasteiger partial charge in [-0.15, -0.1) is 0 Å². The molecule has 96 valence electrons. The average Bonchev–Trinajstić information content (AvgIpc) is 2.23. The highest BCUT2D eigenvalue weighted by atomic mass is 16.1. The van der Waals surface area contributed by atoms with Gasteiger partial charge in [0.15, 0.2) is 5.82 Å². The fraction of sp³-hybridized carbons (Fsp3) is 0.692. The maximum atomic E-state index is 12.1. The third-order valence-electron chi connectivity index (χ3n) is 2.82. The molecule has 0 radical (unpaired) electrons. The van der Waals surface area contributed by atoms with E-state index in [0.29, 0.717) is 11.7 Å². The Morgan fingerprint density at radius 1 is 1.47 bits per heavy atom. The van der Waals surface area contributed by atoms with Crippen LogP contribution in [0.15, 0.2) is 17.2 Å². The van der Waals surface area contributed by atoms with E-state index in [9.17, 15) is 4.79 Å². The van der Waals surface area contributed by atoms with Crippen molar-refractivity contribution in [2.75, 3.05) is 5.32 Å². The highest BCUT2D eigenvalue weighted by molar-refractivity contribution is 5.34. The number of nitrogens with one attached hydrogen (secondary N) is 1. The summed E-state index contributed by atoms with van der Waals surface area (Å²) in [5, 5.41) is 3.21. The lowest BCUT2D eigenvalue weighted by Crippen LogP contribution is -2.35. The minimum Gasteiger partial charge on any atom is -0.361 e. The van der Waals surface area contributed by atoms with Gasteiger partial charge in [0, 0.05) is 24.5 Å². The van der Waals surface area contributed by atoms with E-state index < -0.39 is 0 Å². The monoisotopic (exact) mass is 237 g/mol. The fourth-order valence-electron chi connectivity index (χ4n) is 1.48. The minimum atomic E-state index is -0.108. The van der Waals surface area contributed by atoms with Gasteiger partial charge in [0.2, 0.25) is 0 Å². The number of nitrogens with zero attached hydrogens (tertiary/aromatic N) is 2. The molecule has 0 saturated heterocycles. The predicted molar refractivity (Wildman–Crippen MR) is 71.3 cm³/mol. The van der Waals surface area contributed by atoms with Crippen molar-refractivity contribution in [1.82, 2.24) is 9.55 Å². The van der Waals surface area contributed by atoms with Crippen molar-refractivity contribution in [1.29, 1.82) is 0 Å². The van der Waals surface area contributed by atoms with Crippen molar-refractivity contribution in [2.45, 2.75) is 53.1 Å². The smallest absolute Gasteiger partial charge is 0.293 e. The first-order chi connectivity index (χ1) is 7.85. The standard InChI is InChI=1S/C13H23N3O/c1-6-13(4,5)15-11-12(17)16(8-7-14-11)9-10(2)3/h7-8,10H,6,9H2,1-5H3,(H,14,15). The van der Waals surface area contributed by atoms with Crippen molar-refractivity contribution in [2.24, 2.45) is 5.92 Å². The Labute approximate surface area is 103 Å². The zero-order valence-electron chi connectivity index (χ0n) is 11.4. The van der Waals surface area contributed by atoms with Crippen LogP contribution in [0.1, 0.15) is 41.0 Å². The van der Waals surface area contributed by atoms with Crippen molar-refractivity contribution in [3.8, 4) is 0 Å². The maximum Gasteiger partial charge on any atom is 0.293 e. The Hall–Kier alpha value is -1.32. The van der Waals surface area contributed by atoms with Gasteiger partial charge < -0.3 is 9.88 Å². The second kappa shape index (κ2) is 5.34. The van der Waals surface area contributed by atoms with Crippen LogP contribution in [0.5, 0.6) is 0 Å². The first kappa shape index (κ1) is 13.7.